The number of halogens is 2. The van der Waals surface area contributed by atoms with Gasteiger partial charge < -0.3 is 0 Å². The van der Waals surface area contributed by atoms with Gasteiger partial charge >= 0.3 is 0 Å². The van der Waals surface area contributed by atoms with E-state index in [0.29, 0.717) is 0 Å². The fraction of sp³-hybridized carbons (Fsp3) is 0.182. The highest BCUT2D eigenvalue weighted by molar-refractivity contribution is 6.31. The number of hydrogen-bond donors (Lipinski definition) is 0. The molecule has 0 bridgehead atoms. The van der Waals surface area contributed by atoms with E-state index in [1.807, 2.05) is 42.5 Å². The second-order valence-electron chi connectivity index (χ2n) is 6.91. The second kappa shape index (κ2) is 6.63. The van der Waals surface area contributed by atoms with E-state index in [0.717, 1.165) is 26.7 Å². The highest BCUT2D eigenvalue weighted by Crippen LogP contribution is 2.40. The first-order valence-electron chi connectivity index (χ1n) is 7.93. The van der Waals surface area contributed by atoms with Crippen LogP contribution in [0.2, 0.25) is 10.0 Å². The van der Waals surface area contributed by atoms with Crippen molar-refractivity contribution < 1.29 is 0 Å². The van der Waals surface area contributed by atoms with Gasteiger partial charge in [-0.25, -0.2) is 0 Å². The van der Waals surface area contributed by atoms with Gasteiger partial charge in [-0.1, -0.05) is 80.4 Å². The van der Waals surface area contributed by atoms with Crippen molar-refractivity contribution in [3.63, 3.8) is 0 Å². The van der Waals surface area contributed by atoms with Crippen molar-refractivity contribution in [1.29, 1.82) is 0 Å². The average Bonchev–Trinajstić information content (AvgIpc) is 2.55. The molecule has 24 heavy (non-hydrogen) atoms. The van der Waals surface area contributed by atoms with Gasteiger partial charge in [0.1, 0.15) is 0 Å². The maximum Gasteiger partial charge on any atom is 0.0406 e. The summed E-state index contributed by atoms with van der Waals surface area (Å²) in [6, 6.07) is 23.5. The molecule has 0 nitrogen and oxygen atoms in total. The lowest BCUT2D eigenvalue weighted by molar-refractivity contribution is 0.592. The van der Waals surface area contributed by atoms with Crippen LogP contribution in [-0.2, 0) is 5.41 Å². The van der Waals surface area contributed by atoms with Gasteiger partial charge in [-0.15, -0.1) is 0 Å². The van der Waals surface area contributed by atoms with Crippen molar-refractivity contribution >= 4 is 23.2 Å². The molecule has 0 atom stereocenters. The zero-order chi connectivity index (χ0) is 17.3. The molecule has 3 aromatic rings. The van der Waals surface area contributed by atoms with Crippen molar-refractivity contribution in [3.8, 4) is 22.3 Å². The molecule has 3 aromatic carbocycles. The lowest BCUT2D eigenvalue weighted by Gasteiger charge is -2.25. The molecule has 0 saturated carbocycles. The first-order chi connectivity index (χ1) is 11.4. The smallest absolute Gasteiger partial charge is 0.0406 e. The number of rotatable bonds is 2. The van der Waals surface area contributed by atoms with Crippen molar-refractivity contribution in [2.75, 3.05) is 0 Å². The van der Waals surface area contributed by atoms with E-state index < -0.39 is 0 Å². The first-order valence-corrected chi connectivity index (χ1v) is 8.69. The fourth-order valence-electron chi connectivity index (χ4n) is 2.88. The monoisotopic (exact) mass is 353 g/mol. The number of benzene rings is 3. The standard InChI is InChI=1S/C22H19Cl2/c1-22(2,3)20-6-4-5-19(15-7-11-17(23)12-8-15)21(20)16-9-13-18(24)14-10-16/h4,6-14H,1-3H3. The van der Waals surface area contributed by atoms with Crippen LogP contribution in [0.15, 0.2) is 60.7 Å². The summed E-state index contributed by atoms with van der Waals surface area (Å²) in [5.74, 6) is 0. The van der Waals surface area contributed by atoms with E-state index in [9.17, 15) is 0 Å². The Hall–Kier alpha value is -1.76. The Morgan fingerprint density at radius 3 is 1.71 bits per heavy atom. The molecule has 0 N–H and O–H groups in total. The van der Waals surface area contributed by atoms with Gasteiger partial charge in [-0.2, -0.15) is 0 Å². The molecule has 0 amide bonds. The van der Waals surface area contributed by atoms with Gasteiger partial charge in [0, 0.05) is 10.0 Å². The molecule has 0 unspecified atom stereocenters. The summed E-state index contributed by atoms with van der Waals surface area (Å²) in [5.41, 5.74) is 5.84. The summed E-state index contributed by atoms with van der Waals surface area (Å²) in [6.45, 7) is 6.69. The Bertz CT molecular complexity index is 839. The zero-order valence-corrected chi connectivity index (χ0v) is 15.5. The van der Waals surface area contributed by atoms with Crippen molar-refractivity contribution in [1.82, 2.24) is 0 Å². The Morgan fingerprint density at radius 2 is 1.21 bits per heavy atom. The fourth-order valence-corrected chi connectivity index (χ4v) is 3.14. The summed E-state index contributed by atoms with van der Waals surface area (Å²) in [5, 5.41) is 1.47. The molecule has 0 aliphatic rings. The minimum atomic E-state index is 0.0191. The minimum absolute atomic E-state index is 0.0191. The third-order valence-corrected chi connectivity index (χ3v) is 4.57. The van der Waals surface area contributed by atoms with Crippen LogP contribution in [0.25, 0.3) is 22.3 Å². The molecule has 1 radical (unpaired) electrons. The third kappa shape index (κ3) is 3.50. The summed E-state index contributed by atoms with van der Waals surface area (Å²) < 4.78 is 0. The van der Waals surface area contributed by atoms with E-state index in [4.69, 9.17) is 23.2 Å². The molecule has 0 aliphatic heterocycles. The van der Waals surface area contributed by atoms with Crippen LogP contribution in [0.1, 0.15) is 26.3 Å². The van der Waals surface area contributed by atoms with E-state index in [1.54, 1.807) is 0 Å². The van der Waals surface area contributed by atoms with Crippen LogP contribution in [0, 0.1) is 6.07 Å². The van der Waals surface area contributed by atoms with Gasteiger partial charge in [0.05, 0.1) is 0 Å². The molecule has 0 fully saturated rings. The van der Waals surface area contributed by atoms with Crippen molar-refractivity contribution in [3.05, 3.63) is 82.3 Å². The first kappa shape index (κ1) is 17.1. The predicted octanol–water partition coefficient (Wildman–Crippen LogP) is 7.43. The molecule has 121 valence electrons. The van der Waals surface area contributed by atoms with Gasteiger partial charge in [0.25, 0.3) is 0 Å². The van der Waals surface area contributed by atoms with E-state index in [2.05, 4.69) is 45.0 Å². The topological polar surface area (TPSA) is 0 Å². The maximum atomic E-state index is 6.08. The zero-order valence-electron chi connectivity index (χ0n) is 14.0. The summed E-state index contributed by atoms with van der Waals surface area (Å²) in [4.78, 5) is 0. The molecule has 0 spiro atoms. The number of hydrogen-bond acceptors (Lipinski definition) is 0. The quantitative estimate of drug-likeness (QED) is 0.449. The van der Waals surface area contributed by atoms with Crippen molar-refractivity contribution in [2.45, 2.75) is 26.2 Å². The Labute approximate surface area is 154 Å². The summed E-state index contributed by atoms with van der Waals surface area (Å²) in [7, 11) is 0. The van der Waals surface area contributed by atoms with Gasteiger partial charge in [0.2, 0.25) is 0 Å². The Kier molecular flexibility index (Phi) is 4.71. The van der Waals surface area contributed by atoms with Crippen LogP contribution in [0.3, 0.4) is 0 Å². The van der Waals surface area contributed by atoms with Gasteiger partial charge in [0.15, 0.2) is 0 Å². The maximum absolute atomic E-state index is 6.08. The van der Waals surface area contributed by atoms with Crippen LogP contribution in [-0.4, -0.2) is 0 Å². The van der Waals surface area contributed by atoms with Crippen LogP contribution in [0.4, 0.5) is 0 Å². The lowest BCUT2D eigenvalue weighted by atomic mass is 9.79. The molecule has 0 aliphatic carbocycles. The van der Waals surface area contributed by atoms with Crippen LogP contribution in [0.5, 0.6) is 0 Å². The molecule has 0 heterocycles. The Morgan fingerprint density at radius 1 is 0.708 bits per heavy atom. The highest BCUT2D eigenvalue weighted by atomic mass is 35.5. The molecular weight excluding hydrogens is 335 g/mol. The largest absolute Gasteiger partial charge is 0.0843 e. The van der Waals surface area contributed by atoms with Gasteiger partial charge in [-0.3, -0.25) is 0 Å². The third-order valence-electron chi connectivity index (χ3n) is 4.07. The molecule has 0 aromatic heterocycles. The van der Waals surface area contributed by atoms with E-state index >= 15 is 0 Å². The molecular formula is C22H19Cl2. The lowest BCUT2D eigenvalue weighted by Crippen LogP contribution is -2.13. The van der Waals surface area contributed by atoms with Crippen LogP contribution < -0.4 is 0 Å². The van der Waals surface area contributed by atoms with Gasteiger partial charge in [-0.05, 0) is 63.6 Å². The normalized spacial score (nSPS) is 11.5. The van der Waals surface area contributed by atoms with E-state index in [1.165, 1.54) is 11.1 Å². The highest BCUT2D eigenvalue weighted by Gasteiger charge is 2.21. The van der Waals surface area contributed by atoms with E-state index in [-0.39, 0.29) is 5.41 Å². The minimum Gasteiger partial charge on any atom is -0.0843 e. The summed E-state index contributed by atoms with van der Waals surface area (Å²) >= 11 is 12.1. The second-order valence-corrected chi connectivity index (χ2v) is 7.78. The molecule has 2 heteroatoms. The Balaban J connectivity index is 2.29. The predicted molar refractivity (Wildman–Crippen MR) is 105 cm³/mol. The summed E-state index contributed by atoms with van der Waals surface area (Å²) in [6.07, 6.45) is 0. The van der Waals surface area contributed by atoms with Crippen molar-refractivity contribution in [2.24, 2.45) is 0 Å². The average molecular weight is 354 g/mol. The molecule has 0 saturated heterocycles. The SMILES string of the molecule is CC(C)(C)c1cc[c]c(-c2ccc(Cl)cc2)c1-c1ccc(Cl)cc1. The molecule has 3 rings (SSSR count). The van der Waals surface area contributed by atoms with Crippen LogP contribution >= 0.6 is 23.2 Å².